The summed E-state index contributed by atoms with van der Waals surface area (Å²) in [7, 11) is 0. The van der Waals surface area contributed by atoms with Crippen LogP contribution >= 0.6 is 0 Å². The molecule has 0 saturated carbocycles. The zero-order valence-corrected chi connectivity index (χ0v) is 17.3. The summed E-state index contributed by atoms with van der Waals surface area (Å²) in [6.07, 6.45) is 2.41. The predicted octanol–water partition coefficient (Wildman–Crippen LogP) is 5.18. The third-order valence-electron chi connectivity index (χ3n) is 5.41. The molecule has 1 aromatic heterocycles. The van der Waals surface area contributed by atoms with Crippen LogP contribution in [0.1, 0.15) is 19.3 Å². The normalized spacial score (nSPS) is 14.4. The van der Waals surface area contributed by atoms with Crippen LogP contribution in [-0.4, -0.2) is 34.1 Å². The molecule has 1 aliphatic rings. The first kappa shape index (κ1) is 22.5. The number of carboxylic acid groups (broad SMARTS) is 1. The number of anilines is 1. The highest BCUT2D eigenvalue weighted by atomic mass is 19.2. The number of carbonyl (C=O) groups is 1. The van der Waals surface area contributed by atoms with E-state index in [1.54, 1.807) is 4.90 Å². The Kier molecular flexibility index (Phi) is 6.43. The number of nitrogens with zero attached hydrogens (tertiary/aromatic N) is 3. The van der Waals surface area contributed by atoms with Gasteiger partial charge in [-0.15, -0.1) is 0 Å². The van der Waals surface area contributed by atoms with Gasteiger partial charge in [0.15, 0.2) is 17.5 Å². The third-order valence-corrected chi connectivity index (χ3v) is 5.41. The fourth-order valence-corrected chi connectivity index (χ4v) is 3.80. The first-order valence-corrected chi connectivity index (χ1v) is 10.2. The van der Waals surface area contributed by atoms with Crippen LogP contribution in [0.3, 0.4) is 0 Å². The van der Waals surface area contributed by atoms with Gasteiger partial charge in [-0.05, 0) is 43.0 Å². The minimum absolute atomic E-state index is 0.00226. The highest BCUT2D eigenvalue weighted by Crippen LogP contribution is 2.33. The molecule has 1 fully saturated rings. The number of aromatic nitrogens is 2. The summed E-state index contributed by atoms with van der Waals surface area (Å²) >= 11 is 0. The number of benzene rings is 2. The van der Waals surface area contributed by atoms with E-state index in [4.69, 9.17) is 9.84 Å². The molecule has 4 rings (SSSR count). The van der Waals surface area contributed by atoms with E-state index < -0.39 is 29.2 Å². The van der Waals surface area contributed by atoms with Gasteiger partial charge in [-0.1, -0.05) is 0 Å². The van der Waals surface area contributed by atoms with Crippen molar-refractivity contribution in [3.05, 3.63) is 65.9 Å². The van der Waals surface area contributed by atoms with Crippen LogP contribution in [0.2, 0.25) is 0 Å². The molecule has 1 aliphatic heterocycles. The molecular weight excluding hydrogens is 442 g/mol. The summed E-state index contributed by atoms with van der Waals surface area (Å²) in [5.74, 6) is -4.64. The van der Waals surface area contributed by atoms with E-state index in [2.05, 4.69) is 9.97 Å². The Morgan fingerprint density at radius 1 is 1.00 bits per heavy atom. The summed E-state index contributed by atoms with van der Waals surface area (Å²) in [4.78, 5) is 20.6. The molecule has 10 heteroatoms. The summed E-state index contributed by atoms with van der Waals surface area (Å²) in [6, 6.07) is 6.56. The quantitative estimate of drug-likeness (QED) is 0.510. The van der Waals surface area contributed by atoms with Gasteiger partial charge in [-0.3, -0.25) is 4.79 Å². The lowest BCUT2D eigenvalue weighted by molar-refractivity contribution is -0.138. The largest absolute Gasteiger partial charge is 0.481 e. The molecule has 0 radical (unpaired) electrons. The Bertz CT molecular complexity index is 1160. The van der Waals surface area contributed by atoms with Gasteiger partial charge in [0.2, 0.25) is 5.88 Å². The molecule has 0 atom stereocenters. The molecule has 0 aliphatic carbocycles. The van der Waals surface area contributed by atoms with Crippen LogP contribution in [0.4, 0.5) is 23.2 Å². The van der Waals surface area contributed by atoms with Crippen LogP contribution in [0, 0.1) is 29.2 Å². The van der Waals surface area contributed by atoms with Gasteiger partial charge in [-0.2, -0.15) is 4.98 Å². The Morgan fingerprint density at radius 2 is 1.70 bits per heavy atom. The van der Waals surface area contributed by atoms with E-state index >= 15 is 0 Å². The molecule has 0 spiro atoms. The third kappa shape index (κ3) is 5.21. The van der Waals surface area contributed by atoms with Crippen molar-refractivity contribution >= 4 is 11.7 Å². The van der Waals surface area contributed by atoms with E-state index in [0.29, 0.717) is 25.9 Å². The Balaban J connectivity index is 1.53. The molecule has 3 aromatic rings. The minimum Gasteiger partial charge on any atom is -0.481 e. The van der Waals surface area contributed by atoms with Gasteiger partial charge in [0.1, 0.15) is 23.1 Å². The van der Waals surface area contributed by atoms with Crippen LogP contribution in [0.15, 0.2) is 42.6 Å². The lowest BCUT2D eigenvalue weighted by Gasteiger charge is -2.33. The maximum atomic E-state index is 14.9. The average molecular weight is 461 g/mol. The molecule has 1 saturated heterocycles. The second-order valence-corrected chi connectivity index (χ2v) is 7.71. The Morgan fingerprint density at radius 3 is 2.33 bits per heavy atom. The SMILES string of the molecule is O=C(O)CC1CCN(c2c(F)cc(-c3nccc(Oc4ccc(F)c(F)c4)n3)cc2F)CC1. The van der Waals surface area contributed by atoms with Gasteiger partial charge in [0.25, 0.3) is 0 Å². The van der Waals surface area contributed by atoms with Crippen LogP contribution < -0.4 is 9.64 Å². The van der Waals surface area contributed by atoms with Crippen molar-refractivity contribution in [2.45, 2.75) is 19.3 Å². The molecule has 33 heavy (non-hydrogen) atoms. The molecule has 0 bridgehead atoms. The standard InChI is InChI=1S/C23H19F4N3O3/c24-16-2-1-15(12-17(16)25)33-20-3-6-28-23(29-20)14-10-18(26)22(19(27)11-14)30-7-4-13(5-8-30)9-21(31)32/h1-3,6,10-13H,4-5,7-9H2,(H,31,32). The molecule has 0 amide bonds. The lowest BCUT2D eigenvalue weighted by atomic mass is 9.93. The zero-order valence-electron chi connectivity index (χ0n) is 17.3. The molecule has 0 unspecified atom stereocenters. The van der Waals surface area contributed by atoms with Crippen LogP contribution in [0.25, 0.3) is 11.4 Å². The number of piperidine rings is 1. The second-order valence-electron chi connectivity index (χ2n) is 7.71. The molecule has 2 heterocycles. The minimum atomic E-state index is -1.09. The second kappa shape index (κ2) is 9.43. The van der Waals surface area contributed by atoms with E-state index in [-0.39, 0.29) is 41.0 Å². The topological polar surface area (TPSA) is 75.5 Å². The van der Waals surface area contributed by atoms with Crippen molar-refractivity contribution in [1.29, 1.82) is 0 Å². The van der Waals surface area contributed by atoms with E-state index in [9.17, 15) is 22.4 Å². The van der Waals surface area contributed by atoms with Crippen molar-refractivity contribution in [3.8, 4) is 23.0 Å². The Labute approximate surface area is 186 Å². The number of aliphatic carboxylic acids is 1. The highest BCUT2D eigenvalue weighted by Gasteiger charge is 2.26. The fraction of sp³-hybridized carbons (Fsp3) is 0.261. The molecular formula is C23H19F4N3O3. The van der Waals surface area contributed by atoms with Gasteiger partial charge in [0.05, 0.1) is 0 Å². The monoisotopic (exact) mass is 461 g/mol. The van der Waals surface area contributed by atoms with Crippen LogP contribution in [-0.2, 0) is 4.79 Å². The van der Waals surface area contributed by atoms with E-state index in [1.807, 2.05) is 0 Å². The van der Waals surface area contributed by atoms with Crippen molar-refractivity contribution < 1.29 is 32.2 Å². The first-order chi connectivity index (χ1) is 15.8. The van der Waals surface area contributed by atoms with E-state index in [1.165, 1.54) is 18.3 Å². The van der Waals surface area contributed by atoms with Crippen molar-refractivity contribution in [2.24, 2.45) is 5.92 Å². The number of halogens is 4. The molecule has 172 valence electrons. The molecule has 1 N–H and O–H groups in total. The van der Waals surface area contributed by atoms with Crippen molar-refractivity contribution in [3.63, 3.8) is 0 Å². The van der Waals surface area contributed by atoms with Crippen molar-refractivity contribution in [1.82, 2.24) is 9.97 Å². The highest BCUT2D eigenvalue weighted by molar-refractivity contribution is 5.67. The summed E-state index contributed by atoms with van der Waals surface area (Å²) in [5, 5.41) is 8.91. The number of ether oxygens (including phenoxy) is 1. The van der Waals surface area contributed by atoms with E-state index in [0.717, 1.165) is 24.3 Å². The lowest BCUT2D eigenvalue weighted by Crippen LogP contribution is -2.35. The summed E-state index contributed by atoms with van der Waals surface area (Å²) < 4.78 is 61.6. The zero-order chi connectivity index (χ0) is 23.5. The fourth-order valence-electron chi connectivity index (χ4n) is 3.80. The Hall–Kier alpha value is -3.69. The van der Waals surface area contributed by atoms with Crippen molar-refractivity contribution in [2.75, 3.05) is 18.0 Å². The number of rotatable bonds is 6. The number of hydrogen-bond donors (Lipinski definition) is 1. The smallest absolute Gasteiger partial charge is 0.303 e. The molecule has 2 aromatic carbocycles. The number of carboxylic acids is 1. The average Bonchev–Trinajstić information content (AvgIpc) is 2.77. The predicted molar refractivity (Wildman–Crippen MR) is 111 cm³/mol. The van der Waals surface area contributed by atoms with Crippen LogP contribution in [0.5, 0.6) is 11.6 Å². The van der Waals surface area contributed by atoms with Gasteiger partial charge in [0, 0.05) is 43.4 Å². The summed E-state index contributed by atoms with van der Waals surface area (Å²) in [6.45, 7) is 0.693. The maximum absolute atomic E-state index is 14.9. The number of hydrogen-bond acceptors (Lipinski definition) is 5. The summed E-state index contributed by atoms with van der Waals surface area (Å²) in [5.41, 5.74) is -0.105. The molecule has 6 nitrogen and oxygen atoms in total. The first-order valence-electron chi connectivity index (χ1n) is 10.2. The maximum Gasteiger partial charge on any atom is 0.303 e. The van der Waals surface area contributed by atoms with Gasteiger partial charge >= 0.3 is 5.97 Å². The van der Waals surface area contributed by atoms with Gasteiger partial charge in [-0.25, -0.2) is 22.5 Å². The van der Waals surface area contributed by atoms with Gasteiger partial charge < -0.3 is 14.7 Å².